The molecule has 0 spiro atoms. The lowest BCUT2D eigenvalue weighted by molar-refractivity contribution is 0.670. The van der Waals surface area contributed by atoms with Crippen molar-refractivity contribution >= 4 is 43.7 Å². The van der Waals surface area contributed by atoms with Crippen molar-refractivity contribution in [3.63, 3.8) is 0 Å². The van der Waals surface area contributed by atoms with E-state index in [4.69, 9.17) is 9.40 Å². The topological polar surface area (TPSA) is 31.0 Å². The van der Waals surface area contributed by atoms with Gasteiger partial charge in [-0.1, -0.05) is 133 Å². The fourth-order valence-electron chi connectivity index (χ4n) is 8.44. The Labute approximate surface area is 294 Å². The van der Waals surface area contributed by atoms with Crippen LogP contribution < -0.4 is 0 Å². The average Bonchev–Trinajstić information content (AvgIpc) is 3.88. The van der Waals surface area contributed by atoms with Gasteiger partial charge in [-0.3, -0.25) is 4.57 Å². The van der Waals surface area contributed by atoms with Gasteiger partial charge in [-0.05, 0) is 86.6 Å². The molecule has 0 radical (unpaired) electrons. The summed E-state index contributed by atoms with van der Waals surface area (Å²) in [5, 5.41) is 4.84. The van der Waals surface area contributed by atoms with Gasteiger partial charge >= 0.3 is 0 Å². The molecule has 0 fully saturated rings. The van der Waals surface area contributed by atoms with E-state index in [0.29, 0.717) is 0 Å². The van der Waals surface area contributed by atoms with E-state index < -0.39 is 0 Å². The van der Waals surface area contributed by atoms with Crippen LogP contribution in [0.15, 0.2) is 180 Å². The maximum atomic E-state index is 6.72. The van der Waals surface area contributed by atoms with Crippen molar-refractivity contribution in [1.29, 1.82) is 0 Å². The second-order valence-electron chi connectivity index (χ2n) is 13.5. The van der Waals surface area contributed by atoms with E-state index in [2.05, 4.69) is 168 Å². The molecule has 2 heterocycles. The molecule has 0 bridgehead atoms. The van der Waals surface area contributed by atoms with E-state index in [9.17, 15) is 0 Å². The fourth-order valence-corrected chi connectivity index (χ4v) is 8.44. The summed E-state index contributed by atoms with van der Waals surface area (Å²) in [6.07, 6.45) is 0. The zero-order valence-electron chi connectivity index (χ0n) is 27.6. The molecular weight excluding hydrogens is 621 g/mol. The third-order valence-electron chi connectivity index (χ3n) is 10.7. The molecule has 51 heavy (non-hydrogen) atoms. The average molecular weight is 651 g/mol. The number of para-hydroxylation sites is 4. The van der Waals surface area contributed by atoms with Crippen molar-refractivity contribution in [1.82, 2.24) is 9.55 Å². The fraction of sp³-hybridized carbons (Fsp3) is 0.0208. The summed E-state index contributed by atoms with van der Waals surface area (Å²) in [5.41, 5.74) is 14.8. The highest BCUT2D eigenvalue weighted by molar-refractivity contribution is 6.10. The van der Waals surface area contributed by atoms with E-state index in [1.807, 2.05) is 12.1 Å². The molecule has 10 aromatic rings. The van der Waals surface area contributed by atoms with Gasteiger partial charge in [0.25, 0.3) is 0 Å². The molecule has 3 nitrogen and oxygen atoms in total. The molecule has 1 unspecified atom stereocenters. The molecule has 238 valence electrons. The maximum Gasteiger partial charge on any atom is 0.145 e. The molecule has 0 aliphatic heterocycles. The Bertz CT molecular complexity index is 2980. The molecule has 1 aliphatic rings. The lowest BCUT2D eigenvalue weighted by Gasteiger charge is -2.15. The zero-order valence-corrected chi connectivity index (χ0v) is 27.6. The second kappa shape index (κ2) is 10.9. The van der Waals surface area contributed by atoms with E-state index in [0.717, 1.165) is 61.2 Å². The van der Waals surface area contributed by atoms with Crippen LogP contribution in [0.4, 0.5) is 0 Å². The van der Waals surface area contributed by atoms with Crippen LogP contribution in [-0.2, 0) is 0 Å². The summed E-state index contributed by atoms with van der Waals surface area (Å²) in [5.74, 6) is 1.06. The third kappa shape index (κ3) is 4.22. The quantitative estimate of drug-likeness (QED) is 0.190. The van der Waals surface area contributed by atoms with Crippen LogP contribution >= 0.6 is 0 Å². The number of nitrogens with zero attached hydrogens (tertiary/aromatic N) is 2. The standard InChI is InChI=1S/C48H30N2O/c1-2-15-34(16-3-1)50-43-23-9-8-22-42(43)49-48(50)33-14-10-13-31(28-33)36-20-11-21-39-41-29-32(25-27-44(41)51-47(36)39)45-37-18-6-7-19-38(37)46-35-17-5-4-12-30(35)24-26-40(45)46/h1-29,45H. The van der Waals surface area contributed by atoms with Crippen LogP contribution in [0.5, 0.6) is 0 Å². The Morgan fingerprint density at radius 1 is 0.510 bits per heavy atom. The number of furan rings is 1. The van der Waals surface area contributed by atoms with Crippen LogP contribution in [0.25, 0.3) is 83.1 Å². The third-order valence-corrected chi connectivity index (χ3v) is 10.7. The molecule has 0 amide bonds. The van der Waals surface area contributed by atoms with Crippen LogP contribution in [0, 0.1) is 0 Å². The van der Waals surface area contributed by atoms with E-state index in [-0.39, 0.29) is 5.92 Å². The minimum absolute atomic E-state index is 0.152. The first kappa shape index (κ1) is 28.2. The molecule has 8 aromatic carbocycles. The first-order valence-electron chi connectivity index (χ1n) is 17.5. The van der Waals surface area contributed by atoms with Crippen LogP contribution in [0.2, 0.25) is 0 Å². The summed E-state index contributed by atoms with van der Waals surface area (Å²) in [7, 11) is 0. The molecule has 1 atom stereocenters. The van der Waals surface area contributed by atoms with Gasteiger partial charge in [-0.2, -0.15) is 0 Å². The molecular formula is C48H30N2O. The number of benzene rings is 8. The van der Waals surface area contributed by atoms with Gasteiger partial charge in [-0.15, -0.1) is 0 Å². The molecule has 3 heteroatoms. The maximum absolute atomic E-state index is 6.72. The van der Waals surface area contributed by atoms with Crippen molar-refractivity contribution in [2.75, 3.05) is 0 Å². The molecule has 2 aromatic heterocycles. The number of fused-ring (bicyclic) bond motifs is 9. The van der Waals surface area contributed by atoms with Gasteiger partial charge in [0, 0.05) is 33.5 Å². The molecule has 0 saturated carbocycles. The minimum atomic E-state index is 0.152. The molecule has 11 rings (SSSR count). The Kier molecular flexibility index (Phi) is 6.02. The predicted molar refractivity (Wildman–Crippen MR) is 210 cm³/mol. The zero-order chi connectivity index (χ0) is 33.5. The smallest absolute Gasteiger partial charge is 0.145 e. The van der Waals surface area contributed by atoms with Gasteiger partial charge in [0.2, 0.25) is 0 Å². The van der Waals surface area contributed by atoms with Crippen LogP contribution in [-0.4, -0.2) is 9.55 Å². The first-order chi connectivity index (χ1) is 25.3. The summed E-state index contributed by atoms with van der Waals surface area (Å²) in [4.78, 5) is 5.13. The Morgan fingerprint density at radius 3 is 2.24 bits per heavy atom. The highest BCUT2D eigenvalue weighted by Crippen LogP contribution is 2.51. The highest BCUT2D eigenvalue weighted by Gasteiger charge is 2.31. The number of imidazole rings is 1. The van der Waals surface area contributed by atoms with Crippen LogP contribution in [0.1, 0.15) is 22.6 Å². The van der Waals surface area contributed by atoms with Gasteiger partial charge in [-0.25, -0.2) is 4.98 Å². The van der Waals surface area contributed by atoms with Gasteiger partial charge < -0.3 is 4.42 Å². The largest absolute Gasteiger partial charge is 0.455 e. The lowest BCUT2D eigenvalue weighted by Crippen LogP contribution is -1.99. The number of hydrogen-bond acceptors (Lipinski definition) is 2. The van der Waals surface area contributed by atoms with Crippen molar-refractivity contribution in [2.45, 2.75) is 5.92 Å². The summed E-state index contributed by atoms with van der Waals surface area (Å²) < 4.78 is 8.97. The van der Waals surface area contributed by atoms with Gasteiger partial charge in [0.1, 0.15) is 17.0 Å². The Morgan fingerprint density at radius 2 is 1.27 bits per heavy atom. The van der Waals surface area contributed by atoms with Gasteiger partial charge in [0.15, 0.2) is 0 Å². The van der Waals surface area contributed by atoms with Crippen molar-refractivity contribution in [3.8, 4) is 39.3 Å². The molecule has 0 saturated heterocycles. The van der Waals surface area contributed by atoms with E-state index >= 15 is 0 Å². The van der Waals surface area contributed by atoms with E-state index in [1.165, 1.54) is 38.6 Å². The van der Waals surface area contributed by atoms with E-state index in [1.54, 1.807) is 0 Å². The monoisotopic (exact) mass is 650 g/mol. The molecule has 0 N–H and O–H groups in total. The predicted octanol–water partition coefficient (Wildman–Crippen LogP) is 12.6. The first-order valence-corrected chi connectivity index (χ1v) is 17.5. The van der Waals surface area contributed by atoms with Crippen molar-refractivity contribution in [3.05, 3.63) is 193 Å². The normalized spacial score (nSPS) is 13.7. The van der Waals surface area contributed by atoms with Gasteiger partial charge in [0.05, 0.1) is 11.0 Å². The number of aromatic nitrogens is 2. The Balaban J connectivity index is 1.06. The van der Waals surface area contributed by atoms with Crippen molar-refractivity contribution in [2.24, 2.45) is 0 Å². The van der Waals surface area contributed by atoms with Crippen LogP contribution in [0.3, 0.4) is 0 Å². The van der Waals surface area contributed by atoms with Crippen molar-refractivity contribution < 1.29 is 4.42 Å². The summed E-state index contributed by atoms with van der Waals surface area (Å²) >= 11 is 0. The number of rotatable bonds is 4. The highest BCUT2D eigenvalue weighted by atomic mass is 16.3. The molecule has 1 aliphatic carbocycles. The SMILES string of the molecule is c1ccc(-n2c(-c3cccc(-c4cccc5c4oc4ccc(C6c7ccccc7-c7c6ccc6ccccc76)cc45)c3)nc3ccccc32)cc1. The summed E-state index contributed by atoms with van der Waals surface area (Å²) in [6.45, 7) is 0. The number of hydrogen-bond donors (Lipinski definition) is 0. The minimum Gasteiger partial charge on any atom is -0.455 e. The lowest BCUT2D eigenvalue weighted by atomic mass is 9.88. The second-order valence-corrected chi connectivity index (χ2v) is 13.5. The summed E-state index contributed by atoms with van der Waals surface area (Å²) in [6, 6.07) is 63.0. The Hall–Kier alpha value is -6.71.